The van der Waals surface area contributed by atoms with Crippen molar-refractivity contribution in [3.05, 3.63) is 28.0 Å². The molecule has 2 rings (SSSR count). The predicted octanol–water partition coefficient (Wildman–Crippen LogP) is 3.78. The molecule has 1 heterocycles. The summed E-state index contributed by atoms with van der Waals surface area (Å²) in [6.45, 7) is 4.74. The van der Waals surface area contributed by atoms with E-state index in [4.69, 9.17) is 28.6 Å². The molecule has 2 aromatic rings. The molecule has 0 amide bonds. The molecule has 0 saturated heterocycles. The number of rotatable bonds is 3. The minimum Gasteiger partial charge on any atom is -0.377 e. The highest BCUT2D eigenvalue weighted by molar-refractivity contribution is 7.71. The van der Waals surface area contributed by atoms with Gasteiger partial charge in [-0.05, 0) is 44.3 Å². The molecule has 0 aliphatic carbocycles. The second kappa shape index (κ2) is 4.44. The van der Waals surface area contributed by atoms with Gasteiger partial charge in [0.2, 0.25) is 0 Å². The highest BCUT2D eigenvalue weighted by Crippen LogP contribution is 2.22. The number of halogens is 1. The van der Waals surface area contributed by atoms with E-state index in [-0.39, 0.29) is 5.60 Å². The van der Waals surface area contributed by atoms with Crippen molar-refractivity contribution in [2.24, 2.45) is 0 Å². The monoisotopic (exact) mass is 270 g/mol. The number of H-pyrrole nitrogens is 1. The molecule has 0 atom stereocenters. The van der Waals surface area contributed by atoms with Crippen molar-refractivity contribution < 1.29 is 4.74 Å². The first-order chi connectivity index (χ1) is 7.93. The first-order valence-electron chi connectivity index (χ1n) is 5.36. The van der Waals surface area contributed by atoms with Gasteiger partial charge in [-0.25, -0.2) is 0 Å². The lowest BCUT2D eigenvalue weighted by molar-refractivity contribution is 0.00873. The topological polar surface area (TPSA) is 29.9 Å². The second-order valence-electron chi connectivity index (χ2n) is 4.64. The molecular weight excluding hydrogens is 256 g/mol. The lowest BCUT2D eigenvalue weighted by Gasteiger charge is -2.23. The van der Waals surface area contributed by atoms with E-state index in [0.29, 0.717) is 16.3 Å². The van der Waals surface area contributed by atoms with E-state index in [2.05, 4.69) is 4.98 Å². The second-order valence-corrected chi connectivity index (χ2v) is 5.46. The number of hydrogen-bond donors (Lipinski definition) is 1. The van der Waals surface area contributed by atoms with Crippen LogP contribution >= 0.6 is 23.8 Å². The Morgan fingerprint density at radius 1 is 1.47 bits per heavy atom. The summed E-state index contributed by atoms with van der Waals surface area (Å²) in [5.74, 6) is 0. The van der Waals surface area contributed by atoms with Crippen molar-refractivity contribution in [3.63, 3.8) is 0 Å². The molecule has 5 heteroatoms. The molecule has 1 aromatic heterocycles. The Balaban J connectivity index is 2.56. The third kappa shape index (κ3) is 2.54. The number of nitrogens with one attached hydrogen (secondary N) is 1. The van der Waals surface area contributed by atoms with E-state index in [1.807, 2.05) is 36.6 Å². The Labute approximate surface area is 110 Å². The number of benzene rings is 1. The third-order valence-corrected chi connectivity index (χ3v) is 3.39. The highest BCUT2D eigenvalue weighted by atomic mass is 35.5. The highest BCUT2D eigenvalue weighted by Gasteiger charge is 2.19. The van der Waals surface area contributed by atoms with Crippen molar-refractivity contribution in [1.82, 2.24) is 9.55 Å². The van der Waals surface area contributed by atoms with Gasteiger partial charge in [0.15, 0.2) is 4.77 Å². The van der Waals surface area contributed by atoms with Crippen LogP contribution in [0.1, 0.15) is 13.8 Å². The van der Waals surface area contributed by atoms with Gasteiger partial charge in [0.25, 0.3) is 0 Å². The summed E-state index contributed by atoms with van der Waals surface area (Å²) in [5.41, 5.74) is 1.73. The van der Waals surface area contributed by atoms with Gasteiger partial charge >= 0.3 is 0 Å². The fourth-order valence-corrected chi connectivity index (χ4v) is 2.17. The van der Waals surface area contributed by atoms with E-state index >= 15 is 0 Å². The van der Waals surface area contributed by atoms with Crippen molar-refractivity contribution in [2.45, 2.75) is 26.0 Å². The Kier molecular flexibility index (Phi) is 3.30. The largest absolute Gasteiger partial charge is 0.377 e. The van der Waals surface area contributed by atoms with Crippen molar-refractivity contribution in [2.75, 3.05) is 7.11 Å². The van der Waals surface area contributed by atoms with Gasteiger partial charge in [0, 0.05) is 12.1 Å². The summed E-state index contributed by atoms with van der Waals surface area (Å²) in [6, 6.07) is 5.69. The molecule has 0 aliphatic heterocycles. The lowest BCUT2D eigenvalue weighted by Crippen LogP contribution is -2.29. The molecule has 0 bridgehead atoms. The van der Waals surface area contributed by atoms with Crippen LogP contribution in [0.5, 0.6) is 0 Å². The van der Waals surface area contributed by atoms with E-state index in [1.165, 1.54) is 0 Å². The van der Waals surface area contributed by atoms with Gasteiger partial charge in [-0.15, -0.1) is 0 Å². The van der Waals surface area contributed by atoms with Crippen LogP contribution in [0.2, 0.25) is 5.02 Å². The van der Waals surface area contributed by atoms with Crippen LogP contribution in [0, 0.1) is 4.77 Å². The smallest absolute Gasteiger partial charge is 0.178 e. The number of aromatic amines is 1. The Morgan fingerprint density at radius 3 is 2.82 bits per heavy atom. The van der Waals surface area contributed by atoms with Gasteiger partial charge in [-0.3, -0.25) is 0 Å². The normalized spacial score (nSPS) is 12.2. The number of fused-ring (bicyclic) bond motifs is 1. The quantitative estimate of drug-likeness (QED) is 0.861. The first-order valence-corrected chi connectivity index (χ1v) is 6.15. The minimum absolute atomic E-state index is 0.268. The van der Waals surface area contributed by atoms with Crippen LogP contribution in [-0.4, -0.2) is 22.3 Å². The Morgan fingerprint density at radius 2 is 2.18 bits per heavy atom. The lowest BCUT2D eigenvalue weighted by atomic mass is 10.1. The van der Waals surface area contributed by atoms with Gasteiger partial charge in [0.05, 0.1) is 23.2 Å². The number of methoxy groups -OCH3 is 1. The molecule has 17 heavy (non-hydrogen) atoms. The maximum Gasteiger partial charge on any atom is 0.178 e. The summed E-state index contributed by atoms with van der Waals surface area (Å²) in [6.07, 6.45) is 0. The summed E-state index contributed by atoms with van der Waals surface area (Å²) in [4.78, 5) is 3.16. The van der Waals surface area contributed by atoms with Crippen molar-refractivity contribution >= 4 is 34.9 Å². The number of nitrogens with zero attached hydrogens (tertiary/aromatic N) is 1. The molecule has 0 spiro atoms. The van der Waals surface area contributed by atoms with E-state index in [9.17, 15) is 0 Å². The van der Waals surface area contributed by atoms with Crippen LogP contribution < -0.4 is 0 Å². The molecule has 1 N–H and O–H groups in total. The molecule has 1 aromatic carbocycles. The molecule has 3 nitrogen and oxygen atoms in total. The average molecular weight is 271 g/mol. The molecule has 0 unspecified atom stereocenters. The fraction of sp³-hybridized carbons (Fsp3) is 0.417. The summed E-state index contributed by atoms with van der Waals surface area (Å²) in [7, 11) is 1.70. The Bertz CT molecular complexity index is 600. The summed E-state index contributed by atoms with van der Waals surface area (Å²) in [5, 5.41) is 0.704. The van der Waals surface area contributed by atoms with Gasteiger partial charge in [-0.2, -0.15) is 0 Å². The first kappa shape index (κ1) is 12.6. The number of hydrogen-bond acceptors (Lipinski definition) is 2. The maximum absolute atomic E-state index is 6.01. The zero-order valence-electron chi connectivity index (χ0n) is 10.1. The third-order valence-electron chi connectivity index (χ3n) is 2.83. The number of ether oxygens (including phenoxy) is 1. The van der Waals surface area contributed by atoms with Crippen molar-refractivity contribution in [1.29, 1.82) is 0 Å². The van der Waals surface area contributed by atoms with E-state index in [1.54, 1.807) is 7.11 Å². The minimum atomic E-state index is -0.268. The zero-order chi connectivity index (χ0) is 12.6. The standard InChI is InChI=1S/C12H15ClN2OS/c1-12(2,16-3)7-15-10-6-8(13)4-5-9(10)14-11(15)17/h4-6H,7H2,1-3H3,(H,14,17). The maximum atomic E-state index is 6.01. The van der Waals surface area contributed by atoms with Gasteiger partial charge in [-0.1, -0.05) is 11.6 Å². The van der Waals surface area contributed by atoms with Crippen LogP contribution in [-0.2, 0) is 11.3 Å². The van der Waals surface area contributed by atoms with E-state index in [0.717, 1.165) is 11.0 Å². The zero-order valence-corrected chi connectivity index (χ0v) is 11.7. The SMILES string of the molecule is COC(C)(C)Cn1c(=S)[nH]c2ccc(Cl)cc21. The van der Waals surface area contributed by atoms with Crippen LogP contribution in [0.15, 0.2) is 18.2 Å². The summed E-state index contributed by atoms with van der Waals surface area (Å²) >= 11 is 11.3. The van der Waals surface area contributed by atoms with Crippen LogP contribution in [0.4, 0.5) is 0 Å². The molecule has 0 aliphatic rings. The van der Waals surface area contributed by atoms with Crippen LogP contribution in [0.25, 0.3) is 11.0 Å². The predicted molar refractivity (Wildman–Crippen MR) is 73.2 cm³/mol. The fourth-order valence-electron chi connectivity index (χ4n) is 1.73. The van der Waals surface area contributed by atoms with Crippen molar-refractivity contribution in [3.8, 4) is 0 Å². The molecular formula is C12H15ClN2OS. The summed E-state index contributed by atoms with van der Waals surface area (Å²) < 4.78 is 8.13. The molecule has 0 radical (unpaired) electrons. The molecule has 0 saturated carbocycles. The average Bonchev–Trinajstić information content (AvgIpc) is 2.56. The molecule has 92 valence electrons. The van der Waals surface area contributed by atoms with Crippen LogP contribution in [0.3, 0.4) is 0 Å². The van der Waals surface area contributed by atoms with Gasteiger partial charge < -0.3 is 14.3 Å². The molecule has 0 fully saturated rings. The number of imidazole rings is 1. The Hall–Kier alpha value is -0.840. The van der Waals surface area contributed by atoms with E-state index < -0.39 is 0 Å². The number of aromatic nitrogens is 2. The van der Waals surface area contributed by atoms with Gasteiger partial charge in [0.1, 0.15) is 0 Å².